The first-order valence-corrected chi connectivity index (χ1v) is 8.31. The second-order valence-electron chi connectivity index (χ2n) is 5.10. The van der Waals surface area contributed by atoms with Crippen molar-refractivity contribution in [3.05, 3.63) is 46.0 Å². The maximum Gasteiger partial charge on any atom is 0.144 e. The Hall–Kier alpha value is -2.21. The van der Waals surface area contributed by atoms with Crippen molar-refractivity contribution in [2.45, 2.75) is 13.1 Å². The normalized spacial score (nSPS) is 21.9. The van der Waals surface area contributed by atoms with Crippen LogP contribution in [0.25, 0.3) is 0 Å². The summed E-state index contributed by atoms with van der Waals surface area (Å²) in [5.41, 5.74) is 2.08. The minimum absolute atomic E-state index is 0.161. The zero-order valence-electron chi connectivity index (χ0n) is 17.2. The van der Waals surface area contributed by atoms with Gasteiger partial charge in [0.25, 0.3) is 0 Å². The van der Waals surface area contributed by atoms with Crippen molar-refractivity contribution in [1.82, 2.24) is 20.6 Å². The van der Waals surface area contributed by atoms with Crippen LogP contribution >= 0.6 is 15.9 Å². The minimum atomic E-state index is -2.44. The van der Waals surface area contributed by atoms with Gasteiger partial charge in [0.2, 0.25) is 0 Å². The third kappa shape index (κ3) is 4.45. The van der Waals surface area contributed by atoms with Crippen molar-refractivity contribution in [3.63, 3.8) is 0 Å². The predicted octanol–water partition coefficient (Wildman–Crippen LogP) is 1.76. The molecular weight excluding hydrogens is 386 g/mol. The van der Waals surface area contributed by atoms with Gasteiger partial charge >= 0.3 is 0 Å². The lowest BCUT2D eigenvalue weighted by Gasteiger charge is -2.06. The van der Waals surface area contributed by atoms with Crippen molar-refractivity contribution in [2.24, 2.45) is 0 Å². The Kier molecular flexibility index (Phi) is 4.57. The monoisotopic (exact) mass is 407 g/mol. The number of ether oxygens (including phenoxy) is 2. The van der Waals surface area contributed by atoms with Gasteiger partial charge in [0.15, 0.2) is 0 Å². The Bertz CT molecular complexity index is 939. The second-order valence-corrected chi connectivity index (χ2v) is 5.96. The Morgan fingerprint density at radius 2 is 1.84 bits per heavy atom. The SMILES string of the molecule is N#Cc1cncc2c1OCCNC2.[2H]C1([2H])NCc2cncc(Br)c2OC1([2H])[2H]. The summed E-state index contributed by atoms with van der Waals surface area (Å²) < 4.78 is 41.2. The minimum Gasteiger partial charge on any atom is -0.491 e. The number of hydrogen-bond acceptors (Lipinski definition) is 7. The zero-order valence-corrected chi connectivity index (χ0v) is 14.8. The molecule has 8 heteroatoms. The van der Waals surface area contributed by atoms with Gasteiger partial charge in [-0.3, -0.25) is 9.97 Å². The lowest BCUT2D eigenvalue weighted by atomic mass is 10.2. The van der Waals surface area contributed by atoms with Crippen LogP contribution in [0.2, 0.25) is 0 Å². The third-order valence-electron chi connectivity index (χ3n) is 3.43. The van der Waals surface area contributed by atoms with E-state index in [-0.39, 0.29) is 12.3 Å². The summed E-state index contributed by atoms with van der Waals surface area (Å²) in [5, 5.41) is 14.4. The molecule has 0 amide bonds. The van der Waals surface area contributed by atoms with Crippen LogP contribution in [0.5, 0.6) is 11.5 Å². The van der Waals surface area contributed by atoms with Gasteiger partial charge < -0.3 is 20.1 Å². The van der Waals surface area contributed by atoms with Gasteiger partial charge in [-0.05, 0) is 15.9 Å². The van der Waals surface area contributed by atoms with Crippen molar-refractivity contribution < 1.29 is 15.0 Å². The molecule has 0 unspecified atom stereocenters. The highest BCUT2D eigenvalue weighted by molar-refractivity contribution is 9.10. The average Bonchev–Trinajstić information content (AvgIpc) is 2.98. The number of pyridine rings is 2. The summed E-state index contributed by atoms with van der Waals surface area (Å²) in [4.78, 5) is 7.89. The highest BCUT2D eigenvalue weighted by atomic mass is 79.9. The van der Waals surface area contributed by atoms with Gasteiger partial charge in [-0.15, -0.1) is 0 Å². The number of nitrogens with one attached hydrogen (secondary N) is 2. The van der Waals surface area contributed by atoms with Crippen LogP contribution in [0.1, 0.15) is 22.2 Å². The maximum atomic E-state index is 8.80. The summed E-state index contributed by atoms with van der Waals surface area (Å²) in [6.45, 7) is -2.41. The fourth-order valence-electron chi connectivity index (χ4n) is 2.27. The topological polar surface area (TPSA) is 92.1 Å². The Morgan fingerprint density at radius 1 is 1.08 bits per heavy atom. The van der Waals surface area contributed by atoms with Crippen molar-refractivity contribution >= 4 is 15.9 Å². The summed E-state index contributed by atoms with van der Waals surface area (Å²) >= 11 is 3.20. The number of aromatic nitrogens is 2. The molecule has 0 saturated heterocycles. The lowest BCUT2D eigenvalue weighted by Crippen LogP contribution is -2.16. The van der Waals surface area contributed by atoms with E-state index in [9.17, 15) is 0 Å². The first-order valence-electron chi connectivity index (χ1n) is 9.52. The quantitative estimate of drug-likeness (QED) is 0.686. The molecule has 0 radical (unpaired) electrons. The number of halogens is 1. The first-order chi connectivity index (χ1) is 13.7. The van der Waals surface area contributed by atoms with E-state index < -0.39 is 13.1 Å². The van der Waals surface area contributed by atoms with Crippen molar-refractivity contribution in [1.29, 1.82) is 5.26 Å². The van der Waals surface area contributed by atoms with E-state index in [0.717, 1.165) is 18.7 Å². The molecule has 0 aliphatic carbocycles. The van der Waals surface area contributed by atoms with Gasteiger partial charge in [0, 0.05) is 64.8 Å². The maximum absolute atomic E-state index is 8.80. The standard InChI is InChI=1S/C9H9N3O.C8H9BrN2O/c10-3-7-4-12-6-8-5-11-1-2-13-9(7)8;9-7-5-11-4-6-3-10-1-2-12-8(6)7/h4,6,11H,1-2,5H2;4-5,10H,1-3H2/i;1D2,2D2. The van der Waals surface area contributed by atoms with Crippen molar-refractivity contribution in [2.75, 3.05) is 26.2 Å². The number of nitriles is 1. The molecule has 0 aromatic carbocycles. The molecule has 2 N–H and O–H groups in total. The molecule has 0 fully saturated rings. The summed E-state index contributed by atoms with van der Waals surface area (Å²) in [5.74, 6) is 0.969. The molecule has 0 atom stereocenters. The van der Waals surface area contributed by atoms with Gasteiger partial charge in [-0.1, -0.05) is 0 Å². The van der Waals surface area contributed by atoms with Crippen LogP contribution in [0.15, 0.2) is 29.3 Å². The summed E-state index contributed by atoms with van der Waals surface area (Å²) in [7, 11) is 0. The van der Waals surface area contributed by atoms with E-state index in [0.29, 0.717) is 28.0 Å². The first kappa shape index (κ1) is 13.1. The summed E-state index contributed by atoms with van der Waals surface area (Å²) in [6, 6.07) is 2.07. The predicted molar refractivity (Wildman–Crippen MR) is 95.3 cm³/mol. The molecule has 2 aromatic rings. The largest absolute Gasteiger partial charge is 0.491 e. The lowest BCUT2D eigenvalue weighted by molar-refractivity contribution is 0.323. The fourth-order valence-corrected chi connectivity index (χ4v) is 2.73. The number of rotatable bonds is 0. The molecule has 2 aliphatic rings. The molecule has 25 heavy (non-hydrogen) atoms. The van der Waals surface area contributed by atoms with Crippen LogP contribution in [-0.2, 0) is 13.1 Å². The zero-order chi connectivity index (χ0) is 21.1. The van der Waals surface area contributed by atoms with E-state index in [1.165, 1.54) is 18.6 Å². The highest BCUT2D eigenvalue weighted by Gasteiger charge is 2.13. The third-order valence-corrected chi connectivity index (χ3v) is 3.99. The average molecular weight is 408 g/mol. The molecule has 0 spiro atoms. The van der Waals surface area contributed by atoms with Crippen LogP contribution in [0, 0.1) is 11.3 Å². The second kappa shape index (κ2) is 8.76. The van der Waals surface area contributed by atoms with Crippen LogP contribution in [0.4, 0.5) is 0 Å². The van der Waals surface area contributed by atoms with Gasteiger partial charge in [-0.2, -0.15) is 5.26 Å². The van der Waals surface area contributed by atoms with Crippen LogP contribution in [0.3, 0.4) is 0 Å². The molecule has 2 aliphatic heterocycles. The van der Waals surface area contributed by atoms with Gasteiger partial charge in [0.1, 0.15) is 36.3 Å². The molecule has 4 heterocycles. The Morgan fingerprint density at radius 3 is 2.68 bits per heavy atom. The van der Waals surface area contributed by atoms with Gasteiger partial charge in [0.05, 0.1) is 7.21 Å². The Balaban J connectivity index is 0.000000169. The molecule has 4 rings (SSSR count). The molecular formula is C17H18BrN5O2. The van der Waals surface area contributed by atoms with E-state index in [4.69, 9.17) is 20.2 Å². The van der Waals surface area contributed by atoms with E-state index >= 15 is 0 Å². The summed E-state index contributed by atoms with van der Waals surface area (Å²) in [6.07, 6.45) is 6.26. The van der Waals surface area contributed by atoms with Crippen LogP contribution in [-0.4, -0.2) is 36.2 Å². The molecule has 130 valence electrons. The molecule has 0 saturated carbocycles. The number of fused-ring (bicyclic) bond motifs is 2. The van der Waals surface area contributed by atoms with Gasteiger partial charge in [-0.25, -0.2) is 0 Å². The number of nitrogens with zero attached hydrogens (tertiary/aromatic N) is 3. The molecule has 0 bridgehead atoms. The highest BCUT2D eigenvalue weighted by Crippen LogP contribution is 2.28. The van der Waals surface area contributed by atoms with E-state index in [2.05, 4.69) is 42.6 Å². The van der Waals surface area contributed by atoms with E-state index in [1.54, 1.807) is 6.20 Å². The van der Waals surface area contributed by atoms with E-state index in [1.807, 2.05) is 0 Å². The smallest absolute Gasteiger partial charge is 0.144 e. The molecule has 2 aromatic heterocycles. The number of hydrogen-bond donors (Lipinski definition) is 2. The van der Waals surface area contributed by atoms with Crippen LogP contribution < -0.4 is 20.1 Å². The fraction of sp³-hybridized carbons (Fsp3) is 0.353. The Labute approximate surface area is 160 Å². The van der Waals surface area contributed by atoms with Crippen molar-refractivity contribution in [3.8, 4) is 17.6 Å². The molecule has 7 nitrogen and oxygen atoms in total.